The van der Waals surface area contributed by atoms with Gasteiger partial charge in [-0.25, -0.2) is 17.9 Å². The molecule has 126 valence electrons. The van der Waals surface area contributed by atoms with E-state index in [1.165, 1.54) is 6.26 Å². The molecule has 3 saturated heterocycles. The van der Waals surface area contributed by atoms with Gasteiger partial charge in [-0.2, -0.15) is 0 Å². The second-order valence-electron chi connectivity index (χ2n) is 6.69. The largest absolute Gasteiger partial charge is 0.371 e. The van der Waals surface area contributed by atoms with E-state index in [-0.39, 0.29) is 11.6 Å². The van der Waals surface area contributed by atoms with Gasteiger partial charge < -0.3 is 14.5 Å². The Morgan fingerprint density at radius 2 is 1.95 bits per heavy atom. The monoisotopic (exact) mass is 331 g/mol. The second kappa shape index (κ2) is 5.98. The number of hydrogen-bond acceptors (Lipinski definition) is 4. The van der Waals surface area contributed by atoms with Crippen LogP contribution in [0.2, 0.25) is 0 Å². The summed E-state index contributed by atoms with van der Waals surface area (Å²) in [5.41, 5.74) is -0.242. The highest BCUT2D eigenvalue weighted by molar-refractivity contribution is 7.88. The van der Waals surface area contributed by atoms with Crippen molar-refractivity contribution in [3.05, 3.63) is 0 Å². The summed E-state index contributed by atoms with van der Waals surface area (Å²) in [4.78, 5) is 16.1. The standard InChI is InChI=1S/C14H25N3O4S/c1-22(19,20)15-6-4-12-5-9-21-14(12)10-17(11-14)13(18)16-7-2-3-8-16/h12,15H,2-11H2,1H3/t12-/m1/s1. The molecule has 1 atom stereocenters. The van der Waals surface area contributed by atoms with E-state index in [1.807, 2.05) is 9.80 Å². The molecule has 0 radical (unpaired) electrons. The fourth-order valence-electron chi connectivity index (χ4n) is 3.80. The highest BCUT2D eigenvalue weighted by Crippen LogP contribution is 2.42. The van der Waals surface area contributed by atoms with Gasteiger partial charge in [0.05, 0.1) is 19.3 Å². The molecule has 3 aliphatic heterocycles. The number of sulfonamides is 1. The van der Waals surface area contributed by atoms with Gasteiger partial charge in [-0.1, -0.05) is 0 Å². The van der Waals surface area contributed by atoms with E-state index < -0.39 is 10.0 Å². The molecule has 2 amide bonds. The zero-order valence-electron chi connectivity index (χ0n) is 13.1. The summed E-state index contributed by atoms with van der Waals surface area (Å²) in [6, 6.07) is 0.131. The van der Waals surface area contributed by atoms with Gasteiger partial charge in [0, 0.05) is 26.2 Å². The van der Waals surface area contributed by atoms with E-state index in [0.29, 0.717) is 32.2 Å². The molecule has 8 heteroatoms. The summed E-state index contributed by atoms with van der Waals surface area (Å²) in [7, 11) is -3.14. The number of likely N-dealkylation sites (tertiary alicyclic amines) is 2. The molecule has 0 saturated carbocycles. The second-order valence-corrected chi connectivity index (χ2v) is 8.52. The van der Waals surface area contributed by atoms with Gasteiger partial charge in [-0.3, -0.25) is 0 Å². The number of ether oxygens (including phenoxy) is 1. The van der Waals surface area contributed by atoms with Crippen LogP contribution in [0.3, 0.4) is 0 Å². The minimum absolute atomic E-state index is 0.131. The van der Waals surface area contributed by atoms with Crippen molar-refractivity contribution < 1.29 is 17.9 Å². The molecule has 3 heterocycles. The molecule has 3 rings (SSSR count). The van der Waals surface area contributed by atoms with Gasteiger partial charge in [-0.05, 0) is 31.6 Å². The number of carbonyl (C=O) groups is 1. The SMILES string of the molecule is CS(=O)(=O)NCC[C@@H]1CCOC12CN(C(=O)N1CCCC1)C2. The molecule has 1 spiro atoms. The highest BCUT2D eigenvalue weighted by atomic mass is 32.2. The van der Waals surface area contributed by atoms with E-state index in [9.17, 15) is 13.2 Å². The number of urea groups is 1. The average molecular weight is 331 g/mol. The Balaban J connectivity index is 1.50. The Kier molecular flexibility index (Phi) is 4.35. The summed E-state index contributed by atoms with van der Waals surface area (Å²) < 4.78 is 30.7. The molecule has 7 nitrogen and oxygen atoms in total. The maximum atomic E-state index is 12.3. The van der Waals surface area contributed by atoms with Crippen molar-refractivity contribution in [3.8, 4) is 0 Å². The third-order valence-electron chi connectivity index (χ3n) is 5.02. The lowest BCUT2D eigenvalue weighted by Crippen LogP contribution is -2.67. The highest BCUT2D eigenvalue weighted by Gasteiger charge is 2.54. The number of carbonyl (C=O) groups excluding carboxylic acids is 1. The van der Waals surface area contributed by atoms with Crippen LogP contribution in [0.25, 0.3) is 0 Å². The van der Waals surface area contributed by atoms with Crippen LogP contribution in [0.1, 0.15) is 25.7 Å². The van der Waals surface area contributed by atoms with Crippen LogP contribution in [0.15, 0.2) is 0 Å². The number of hydrogen-bond donors (Lipinski definition) is 1. The Hall–Kier alpha value is -0.860. The molecule has 3 aliphatic rings. The Bertz CT molecular complexity index is 524. The summed E-state index contributed by atoms with van der Waals surface area (Å²) in [6.45, 7) is 4.16. The van der Waals surface area contributed by atoms with Gasteiger partial charge in [0.1, 0.15) is 5.60 Å². The summed E-state index contributed by atoms with van der Waals surface area (Å²) in [6.07, 6.45) is 5.08. The van der Waals surface area contributed by atoms with Crippen LogP contribution in [-0.2, 0) is 14.8 Å². The molecule has 0 unspecified atom stereocenters. The van der Waals surface area contributed by atoms with Gasteiger partial charge in [0.2, 0.25) is 10.0 Å². The molecule has 3 fully saturated rings. The van der Waals surface area contributed by atoms with E-state index in [1.54, 1.807) is 0 Å². The van der Waals surface area contributed by atoms with Crippen molar-refractivity contribution in [1.82, 2.24) is 14.5 Å². The lowest BCUT2D eigenvalue weighted by atomic mass is 9.79. The molecule has 0 bridgehead atoms. The molecule has 1 N–H and O–H groups in total. The van der Waals surface area contributed by atoms with Crippen LogP contribution in [0.4, 0.5) is 4.79 Å². The Morgan fingerprint density at radius 3 is 2.59 bits per heavy atom. The number of nitrogens with zero attached hydrogens (tertiary/aromatic N) is 2. The van der Waals surface area contributed by atoms with E-state index in [4.69, 9.17) is 4.74 Å². The quantitative estimate of drug-likeness (QED) is 0.800. The van der Waals surface area contributed by atoms with Crippen molar-refractivity contribution in [2.45, 2.75) is 31.3 Å². The number of rotatable bonds is 4. The smallest absolute Gasteiger partial charge is 0.320 e. The van der Waals surface area contributed by atoms with Crippen molar-refractivity contribution >= 4 is 16.1 Å². The Labute approximate surface area is 132 Å². The van der Waals surface area contributed by atoms with Gasteiger partial charge >= 0.3 is 6.03 Å². The molecule has 0 aromatic carbocycles. The molecular weight excluding hydrogens is 306 g/mol. The topological polar surface area (TPSA) is 79.0 Å². The van der Waals surface area contributed by atoms with E-state index >= 15 is 0 Å². The fourth-order valence-corrected chi connectivity index (χ4v) is 4.29. The lowest BCUT2D eigenvalue weighted by Gasteiger charge is -2.51. The third kappa shape index (κ3) is 3.23. The van der Waals surface area contributed by atoms with Crippen LogP contribution in [-0.4, -0.2) is 75.4 Å². The van der Waals surface area contributed by atoms with Crippen molar-refractivity contribution in [2.75, 3.05) is 45.6 Å². The predicted octanol–water partition coefficient (Wildman–Crippen LogP) is 0.232. The zero-order chi connectivity index (χ0) is 15.8. The molecule has 22 heavy (non-hydrogen) atoms. The maximum Gasteiger partial charge on any atom is 0.320 e. The van der Waals surface area contributed by atoms with E-state index in [2.05, 4.69) is 4.72 Å². The normalized spacial score (nSPS) is 27.4. The van der Waals surface area contributed by atoms with Crippen LogP contribution >= 0.6 is 0 Å². The van der Waals surface area contributed by atoms with Gasteiger partial charge in [0.25, 0.3) is 0 Å². The van der Waals surface area contributed by atoms with Gasteiger partial charge in [0.15, 0.2) is 0 Å². The van der Waals surface area contributed by atoms with Crippen LogP contribution in [0.5, 0.6) is 0 Å². The first-order valence-corrected chi connectivity index (χ1v) is 9.91. The molecule has 0 aromatic heterocycles. The van der Waals surface area contributed by atoms with E-state index in [0.717, 1.165) is 38.8 Å². The first-order chi connectivity index (χ1) is 10.4. The predicted molar refractivity (Wildman–Crippen MR) is 82.0 cm³/mol. The fraction of sp³-hybridized carbons (Fsp3) is 0.929. The Morgan fingerprint density at radius 1 is 1.27 bits per heavy atom. The zero-order valence-corrected chi connectivity index (χ0v) is 13.9. The first-order valence-electron chi connectivity index (χ1n) is 8.02. The summed E-state index contributed by atoms with van der Waals surface area (Å²) in [5, 5.41) is 0. The molecule has 0 aliphatic carbocycles. The lowest BCUT2D eigenvalue weighted by molar-refractivity contribution is -0.118. The van der Waals surface area contributed by atoms with Crippen LogP contribution in [0, 0.1) is 5.92 Å². The number of nitrogens with one attached hydrogen (secondary N) is 1. The number of amides is 2. The minimum Gasteiger partial charge on any atom is -0.371 e. The van der Waals surface area contributed by atoms with Gasteiger partial charge in [-0.15, -0.1) is 0 Å². The third-order valence-corrected chi connectivity index (χ3v) is 5.75. The van der Waals surface area contributed by atoms with Crippen LogP contribution < -0.4 is 4.72 Å². The summed E-state index contributed by atoms with van der Waals surface area (Å²) >= 11 is 0. The first kappa shape index (κ1) is 16.0. The van der Waals surface area contributed by atoms with Crippen molar-refractivity contribution in [2.24, 2.45) is 5.92 Å². The van der Waals surface area contributed by atoms with Crippen molar-refractivity contribution in [3.63, 3.8) is 0 Å². The average Bonchev–Trinajstić information content (AvgIpc) is 3.03. The van der Waals surface area contributed by atoms with Crippen molar-refractivity contribution in [1.29, 1.82) is 0 Å². The molecular formula is C14H25N3O4S. The molecule has 0 aromatic rings. The maximum absolute atomic E-state index is 12.3. The summed E-state index contributed by atoms with van der Waals surface area (Å²) in [5.74, 6) is 0.323. The minimum atomic E-state index is -3.14.